The van der Waals surface area contributed by atoms with Gasteiger partial charge < -0.3 is 15.7 Å². The molecule has 92 valence electrons. The first-order valence-corrected chi connectivity index (χ1v) is 5.71. The van der Waals surface area contributed by atoms with E-state index in [0.717, 1.165) is 12.8 Å². The SMILES string of the molecule is CCC(C)(CC)NC(=O)NC1(C(=O)O)CC1. The van der Waals surface area contributed by atoms with Crippen LogP contribution in [-0.4, -0.2) is 28.2 Å². The van der Waals surface area contributed by atoms with Gasteiger partial charge in [-0.05, 0) is 32.6 Å². The third kappa shape index (κ3) is 2.65. The normalized spacial score (nSPS) is 17.7. The van der Waals surface area contributed by atoms with Crippen LogP contribution < -0.4 is 10.6 Å². The first kappa shape index (κ1) is 12.8. The van der Waals surface area contributed by atoms with Crippen LogP contribution in [0.3, 0.4) is 0 Å². The minimum absolute atomic E-state index is 0.265. The lowest BCUT2D eigenvalue weighted by molar-refractivity contribution is -0.140. The van der Waals surface area contributed by atoms with Crippen LogP contribution in [0, 0.1) is 0 Å². The quantitative estimate of drug-likeness (QED) is 0.667. The second-order valence-electron chi connectivity index (χ2n) is 4.73. The van der Waals surface area contributed by atoms with E-state index in [4.69, 9.17) is 5.11 Å². The molecule has 1 aliphatic carbocycles. The molecule has 0 spiro atoms. The maximum Gasteiger partial charge on any atom is 0.329 e. The number of nitrogens with one attached hydrogen (secondary N) is 2. The minimum atomic E-state index is -1.01. The van der Waals surface area contributed by atoms with Crippen LogP contribution in [-0.2, 0) is 4.79 Å². The molecule has 1 rings (SSSR count). The summed E-state index contributed by atoms with van der Waals surface area (Å²) in [6, 6.07) is -0.383. The number of rotatable bonds is 5. The molecule has 0 aromatic carbocycles. The van der Waals surface area contributed by atoms with Gasteiger partial charge in [0, 0.05) is 5.54 Å². The van der Waals surface area contributed by atoms with Gasteiger partial charge in [-0.3, -0.25) is 0 Å². The summed E-state index contributed by atoms with van der Waals surface area (Å²) < 4.78 is 0. The Bertz CT molecular complexity index is 294. The first-order valence-electron chi connectivity index (χ1n) is 5.71. The number of carboxylic acid groups (broad SMARTS) is 1. The molecule has 1 saturated carbocycles. The predicted octanol–water partition coefficient (Wildman–Crippen LogP) is 1.48. The van der Waals surface area contributed by atoms with E-state index in [0.29, 0.717) is 12.8 Å². The zero-order chi connectivity index (χ0) is 12.4. The number of hydrogen-bond donors (Lipinski definition) is 3. The summed E-state index contributed by atoms with van der Waals surface area (Å²) in [6.07, 6.45) is 2.67. The topological polar surface area (TPSA) is 78.4 Å². The molecular formula is C11H20N2O3. The Labute approximate surface area is 95.6 Å². The number of carboxylic acids is 1. The summed E-state index contributed by atoms with van der Waals surface area (Å²) >= 11 is 0. The molecular weight excluding hydrogens is 208 g/mol. The standard InChI is InChI=1S/C11H20N2O3/c1-4-10(3,5-2)12-9(16)13-11(6-7-11)8(14)15/h4-7H2,1-3H3,(H,14,15)(H2,12,13,16). The van der Waals surface area contributed by atoms with Gasteiger partial charge in [0.25, 0.3) is 0 Å². The number of aliphatic carboxylic acids is 1. The van der Waals surface area contributed by atoms with E-state index in [1.165, 1.54) is 0 Å². The molecule has 0 saturated heterocycles. The van der Waals surface area contributed by atoms with Gasteiger partial charge in [-0.2, -0.15) is 0 Å². The fraction of sp³-hybridized carbons (Fsp3) is 0.818. The molecule has 2 amide bonds. The summed E-state index contributed by atoms with van der Waals surface area (Å²) in [5.41, 5.74) is -1.27. The number of hydrogen-bond acceptors (Lipinski definition) is 2. The van der Waals surface area contributed by atoms with Crippen molar-refractivity contribution in [2.45, 2.75) is 57.5 Å². The van der Waals surface area contributed by atoms with Crippen LogP contribution in [0.5, 0.6) is 0 Å². The molecule has 5 nitrogen and oxygen atoms in total. The van der Waals surface area contributed by atoms with Crippen molar-refractivity contribution in [2.75, 3.05) is 0 Å². The van der Waals surface area contributed by atoms with Crippen LogP contribution >= 0.6 is 0 Å². The summed E-state index contributed by atoms with van der Waals surface area (Å²) in [5.74, 6) is -0.947. The third-order valence-corrected chi connectivity index (χ3v) is 3.49. The van der Waals surface area contributed by atoms with Gasteiger partial charge in [-0.1, -0.05) is 13.8 Å². The predicted molar refractivity (Wildman–Crippen MR) is 60.3 cm³/mol. The Morgan fingerprint density at radius 3 is 2.12 bits per heavy atom. The lowest BCUT2D eigenvalue weighted by Crippen LogP contribution is -2.54. The van der Waals surface area contributed by atoms with E-state index < -0.39 is 11.5 Å². The summed E-state index contributed by atoms with van der Waals surface area (Å²) in [7, 11) is 0. The lowest BCUT2D eigenvalue weighted by atomic mass is 9.96. The molecule has 0 aromatic heterocycles. The van der Waals surface area contributed by atoms with Crippen molar-refractivity contribution in [2.24, 2.45) is 0 Å². The van der Waals surface area contributed by atoms with Crippen molar-refractivity contribution >= 4 is 12.0 Å². The molecule has 3 N–H and O–H groups in total. The second kappa shape index (κ2) is 4.31. The monoisotopic (exact) mass is 228 g/mol. The number of amides is 2. The van der Waals surface area contributed by atoms with Crippen molar-refractivity contribution in [1.29, 1.82) is 0 Å². The fourth-order valence-corrected chi connectivity index (χ4v) is 1.47. The van der Waals surface area contributed by atoms with Gasteiger partial charge >= 0.3 is 12.0 Å². The molecule has 0 bridgehead atoms. The lowest BCUT2D eigenvalue weighted by Gasteiger charge is -2.29. The smallest absolute Gasteiger partial charge is 0.329 e. The maximum atomic E-state index is 11.7. The maximum absolute atomic E-state index is 11.7. The van der Waals surface area contributed by atoms with Crippen molar-refractivity contribution in [3.8, 4) is 0 Å². The Balaban J connectivity index is 2.51. The van der Waals surface area contributed by atoms with E-state index in [1.54, 1.807) is 0 Å². The number of carbonyl (C=O) groups is 2. The van der Waals surface area contributed by atoms with Gasteiger partial charge in [-0.25, -0.2) is 9.59 Å². The largest absolute Gasteiger partial charge is 0.480 e. The summed E-state index contributed by atoms with van der Waals surface area (Å²) in [4.78, 5) is 22.5. The Morgan fingerprint density at radius 1 is 1.31 bits per heavy atom. The molecule has 5 heteroatoms. The molecule has 0 unspecified atom stereocenters. The van der Waals surface area contributed by atoms with Crippen LogP contribution in [0.25, 0.3) is 0 Å². The molecule has 16 heavy (non-hydrogen) atoms. The zero-order valence-corrected chi connectivity index (χ0v) is 10.1. The van der Waals surface area contributed by atoms with Crippen LogP contribution in [0.4, 0.5) is 4.79 Å². The Morgan fingerprint density at radius 2 is 1.81 bits per heavy atom. The molecule has 0 heterocycles. The van der Waals surface area contributed by atoms with Crippen molar-refractivity contribution in [1.82, 2.24) is 10.6 Å². The first-order chi connectivity index (χ1) is 7.37. The third-order valence-electron chi connectivity index (χ3n) is 3.49. The van der Waals surface area contributed by atoms with Crippen molar-refractivity contribution < 1.29 is 14.7 Å². The average molecular weight is 228 g/mol. The van der Waals surface area contributed by atoms with E-state index in [2.05, 4.69) is 10.6 Å². The molecule has 0 aromatic rings. The van der Waals surface area contributed by atoms with Crippen molar-refractivity contribution in [3.05, 3.63) is 0 Å². The average Bonchev–Trinajstić information content (AvgIpc) is 2.98. The van der Waals surface area contributed by atoms with Gasteiger partial charge in [0.05, 0.1) is 0 Å². The molecule has 0 atom stereocenters. The van der Waals surface area contributed by atoms with Gasteiger partial charge in [0.1, 0.15) is 5.54 Å². The van der Waals surface area contributed by atoms with E-state index >= 15 is 0 Å². The zero-order valence-electron chi connectivity index (χ0n) is 10.1. The summed E-state index contributed by atoms with van der Waals surface area (Å²) in [6.45, 7) is 5.94. The molecule has 0 aliphatic heterocycles. The van der Waals surface area contributed by atoms with Gasteiger partial charge in [0.15, 0.2) is 0 Å². The molecule has 1 aliphatic rings. The van der Waals surface area contributed by atoms with E-state index in [-0.39, 0.29) is 11.6 Å². The van der Waals surface area contributed by atoms with E-state index in [9.17, 15) is 9.59 Å². The fourth-order valence-electron chi connectivity index (χ4n) is 1.47. The highest BCUT2D eigenvalue weighted by molar-refractivity contribution is 5.89. The van der Waals surface area contributed by atoms with Crippen LogP contribution in [0.2, 0.25) is 0 Å². The van der Waals surface area contributed by atoms with Crippen molar-refractivity contribution in [3.63, 3.8) is 0 Å². The van der Waals surface area contributed by atoms with E-state index in [1.807, 2.05) is 20.8 Å². The highest BCUT2D eigenvalue weighted by atomic mass is 16.4. The highest BCUT2D eigenvalue weighted by Crippen LogP contribution is 2.35. The van der Waals surface area contributed by atoms with Gasteiger partial charge in [0.2, 0.25) is 0 Å². The second-order valence-corrected chi connectivity index (χ2v) is 4.73. The summed E-state index contributed by atoms with van der Waals surface area (Å²) in [5, 5.41) is 14.3. The van der Waals surface area contributed by atoms with Crippen LogP contribution in [0.15, 0.2) is 0 Å². The minimum Gasteiger partial charge on any atom is -0.480 e. The Kier molecular flexibility index (Phi) is 3.45. The Hall–Kier alpha value is -1.26. The van der Waals surface area contributed by atoms with Gasteiger partial charge in [-0.15, -0.1) is 0 Å². The number of urea groups is 1. The molecule has 0 radical (unpaired) electrons. The number of carbonyl (C=O) groups excluding carboxylic acids is 1. The highest BCUT2D eigenvalue weighted by Gasteiger charge is 2.52. The van der Waals surface area contributed by atoms with Crippen LogP contribution in [0.1, 0.15) is 46.5 Å². The molecule has 1 fully saturated rings.